The van der Waals surface area contributed by atoms with Gasteiger partial charge in [-0.25, -0.2) is 4.98 Å². The first-order chi connectivity index (χ1) is 13.9. The smallest absolute Gasteiger partial charge is 0.237 e. The number of aryl methyl sites for hydroxylation is 2. The zero-order valence-corrected chi connectivity index (χ0v) is 18.1. The van der Waals surface area contributed by atoms with Crippen LogP contribution in [0, 0.1) is 13.8 Å². The van der Waals surface area contributed by atoms with E-state index in [-0.39, 0.29) is 11.2 Å². The van der Waals surface area contributed by atoms with Crippen LogP contribution in [-0.2, 0) is 4.79 Å². The molecule has 0 aliphatic carbocycles. The minimum Gasteiger partial charge on any atom is -0.325 e. The summed E-state index contributed by atoms with van der Waals surface area (Å²) in [5, 5.41) is 3.13. The van der Waals surface area contributed by atoms with E-state index >= 15 is 0 Å². The number of benzene rings is 2. The third-order valence-electron chi connectivity index (χ3n) is 4.16. The van der Waals surface area contributed by atoms with Crippen LogP contribution in [0.5, 0.6) is 0 Å². The number of carbonyl (C=O) groups excluding carboxylic acids is 1. The number of hydrogen-bond acceptors (Lipinski definition) is 4. The third kappa shape index (κ3) is 5.92. The Morgan fingerprint density at radius 1 is 1.14 bits per heavy atom. The van der Waals surface area contributed by atoms with Gasteiger partial charge in [0.15, 0.2) is 0 Å². The molecule has 2 aromatic carbocycles. The van der Waals surface area contributed by atoms with Crippen molar-refractivity contribution < 1.29 is 4.79 Å². The zero-order chi connectivity index (χ0) is 20.8. The Bertz CT molecular complexity index is 1030. The van der Waals surface area contributed by atoms with Crippen LogP contribution in [0.3, 0.4) is 0 Å². The molecule has 0 aliphatic heterocycles. The number of anilines is 1. The Balaban J connectivity index is 1.73. The number of amides is 1. The maximum absolute atomic E-state index is 12.7. The van der Waals surface area contributed by atoms with Crippen LogP contribution in [0.15, 0.2) is 70.7 Å². The van der Waals surface area contributed by atoms with Gasteiger partial charge in [-0.1, -0.05) is 29.8 Å². The number of nitrogens with zero attached hydrogens (tertiary/aromatic N) is 2. The van der Waals surface area contributed by atoms with Crippen LogP contribution in [0.2, 0.25) is 5.15 Å². The predicted molar refractivity (Wildman–Crippen MR) is 123 cm³/mol. The van der Waals surface area contributed by atoms with E-state index in [1.165, 1.54) is 11.8 Å². The van der Waals surface area contributed by atoms with E-state index in [2.05, 4.69) is 21.4 Å². The van der Waals surface area contributed by atoms with E-state index in [1.54, 1.807) is 12.4 Å². The molecular formula is C23H22ClN3OS. The van der Waals surface area contributed by atoms with Crippen LogP contribution in [-0.4, -0.2) is 22.4 Å². The molecule has 1 heterocycles. The second kappa shape index (κ2) is 9.72. The summed E-state index contributed by atoms with van der Waals surface area (Å²) in [4.78, 5) is 22.2. The second-order valence-electron chi connectivity index (χ2n) is 6.74. The Morgan fingerprint density at radius 3 is 2.59 bits per heavy atom. The number of hydrogen-bond donors (Lipinski definition) is 1. The number of halogens is 1. The van der Waals surface area contributed by atoms with Gasteiger partial charge in [0.05, 0.1) is 10.9 Å². The lowest BCUT2D eigenvalue weighted by molar-refractivity contribution is -0.115. The Hall–Kier alpha value is -2.63. The highest BCUT2D eigenvalue weighted by atomic mass is 35.5. The highest BCUT2D eigenvalue weighted by Gasteiger charge is 2.16. The number of aliphatic imine (C=N–C) groups is 1. The van der Waals surface area contributed by atoms with Crippen molar-refractivity contribution in [3.05, 3.63) is 82.6 Å². The molecule has 0 saturated carbocycles. The van der Waals surface area contributed by atoms with Gasteiger partial charge in [-0.05, 0) is 68.3 Å². The first kappa shape index (κ1) is 21.1. The largest absolute Gasteiger partial charge is 0.325 e. The van der Waals surface area contributed by atoms with Gasteiger partial charge in [0.1, 0.15) is 5.15 Å². The second-order valence-corrected chi connectivity index (χ2v) is 8.48. The minimum absolute atomic E-state index is 0.0471. The molecule has 148 valence electrons. The standard InChI is InChI=1S/C23H22ClN3OS/c1-15-11-16(2)13-19(12-15)27-23(28)17(3)29-21-9-5-4-8-20(21)26-14-18-7-6-10-25-22(18)24/h4-14,17H,1-3H3,(H,27,28)/t17-/m1/s1. The normalized spacial score (nSPS) is 12.1. The van der Waals surface area contributed by atoms with Crippen molar-refractivity contribution in [3.63, 3.8) is 0 Å². The van der Waals surface area contributed by atoms with Gasteiger partial charge in [-0.2, -0.15) is 0 Å². The summed E-state index contributed by atoms with van der Waals surface area (Å²) in [7, 11) is 0. The number of rotatable bonds is 6. The topological polar surface area (TPSA) is 54.4 Å². The number of pyridine rings is 1. The zero-order valence-electron chi connectivity index (χ0n) is 16.5. The summed E-state index contributed by atoms with van der Waals surface area (Å²) in [5.41, 5.74) is 4.58. The van der Waals surface area contributed by atoms with Crippen LogP contribution < -0.4 is 5.32 Å². The minimum atomic E-state index is -0.283. The molecule has 1 N–H and O–H groups in total. The fraction of sp³-hybridized carbons (Fsp3) is 0.174. The van der Waals surface area contributed by atoms with Gasteiger partial charge >= 0.3 is 0 Å². The van der Waals surface area contributed by atoms with Gasteiger partial charge in [0.2, 0.25) is 5.91 Å². The van der Waals surface area contributed by atoms with Crippen LogP contribution in [0.4, 0.5) is 11.4 Å². The van der Waals surface area contributed by atoms with Gasteiger partial charge in [0.25, 0.3) is 0 Å². The lowest BCUT2D eigenvalue weighted by atomic mass is 10.1. The summed E-state index contributed by atoms with van der Waals surface area (Å²) in [5.74, 6) is -0.0471. The van der Waals surface area contributed by atoms with Crippen LogP contribution in [0.1, 0.15) is 23.6 Å². The van der Waals surface area contributed by atoms with Crippen molar-refractivity contribution in [2.24, 2.45) is 4.99 Å². The maximum Gasteiger partial charge on any atom is 0.237 e. The van der Waals surface area contributed by atoms with Crippen molar-refractivity contribution in [3.8, 4) is 0 Å². The molecule has 3 rings (SSSR count). The Kier molecular flexibility index (Phi) is 7.07. The average Bonchev–Trinajstić information content (AvgIpc) is 2.67. The van der Waals surface area contributed by atoms with Gasteiger partial charge < -0.3 is 5.32 Å². The number of nitrogens with one attached hydrogen (secondary N) is 1. The summed E-state index contributed by atoms with van der Waals surface area (Å²) in [6, 6.07) is 17.4. The molecule has 0 saturated heterocycles. The molecule has 0 unspecified atom stereocenters. The molecule has 0 fully saturated rings. The van der Waals surface area contributed by atoms with Crippen molar-refractivity contribution in [1.29, 1.82) is 0 Å². The third-order valence-corrected chi connectivity index (χ3v) is 5.64. The Labute approximate surface area is 180 Å². The van der Waals surface area contributed by atoms with Crippen molar-refractivity contribution in [2.75, 3.05) is 5.32 Å². The monoisotopic (exact) mass is 423 g/mol. The predicted octanol–water partition coefficient (Wildman–Crippen LogP) is 6.22. The lowest BCUT2D eigenvalue weighted by Crippen LogP contribution is -2.22. The van der Waals surface area contributed by atoms with Gasteiger partial charge in [0, 0.05) is 28.6 Å². The fourth-order valence-electron chi connectivity index (χ4n) is 2.83. The fourth-order valence-corrected chi connectivity index (χ4v) is 3.95. The Morgan fingerprint density at radius 2 is 1.86 bits per heavy atom. The summed E-state index contributed by atoms with van der Waals surface area (Å²) in [6.45, 7) is 5.92. The lowest BCUT2D eigenvalue weighted by Gasteiger charge is -2.14. The molecule has 1 atom stereocenters. The molecule has 29 heavy (non-hydrogen) atoms. The quantitative estimate of drug-likeness (QED) is 0.291. The molecule has 4 nitrogen and oxygen atoms in total. The number of aromatic nitrogens is 1. The first-order valence-corrected chi connectivity index (χ1v) is 10.5. The molecule has 1 amide bonds. The summed E-state index contributed by atoms with van der Waals surface area (Å²) >= 11 is 7.57. The highest BCUT2D eigenvalue weighted by Crippen LogP contribution is 2.33. The number of para-hydroxylation sites is 1. The summed E-state index contributed by atoms with van der Waals surface area (Å²) in [6.07, 6.45) is 3.33. The van der Waals surface area contributed by atoms with E-state index in [9.17, 15) is 4.79 Å². The molecule has 6 heteroatoms. The van der Waals surface area contributed by atoms with E-state index in [4.69, 9.17) is 11.6 Å². The van der Waals surface area contributed by atoms with Gasteiger partial charge in [-0.15, -0.1) is 11.8 Å². The molecular weight excluding hydrogens is 402 g/mol. The van der Waals surface area contributed by atoms with Crippen molar-refractivity contribution in [1.82, 2.24) is 4.98 Å². The average molecular weight is 424 g/mol. The number of thioether (sulfide) groups is 1. The van der Waals surface area contributed by atoms with E-state index in [1.807, 2.05) is 69.3 Å². The molecule has 0 aliphatic rings. The molecule has 0 bridgehead atoms. The van der Waals surface area contributed by atoms with Crippen molar-refractivity contribution >= 4 is 46.9 Å². The van der Waals surface area contributed by atoms with Gasteiger partial charge in [-0.3, -0.25) is 9.79 Å². The van der Waals surface area contributed by atoms with Crippen molar-refractivity contribution in [2.45, 2.75) is 30.9 Å². The molecule has 0 radical (unpaired) electrons. The van der Waals surface area contributed by atoms with Crippen LogP contribution >= 0.6 is 23.4 Å². The summed E-state index contributed by atoms with van der Waals surface area (Å²) < 4.78 is 0. The first-order valence-electron chi connectivity index (χ1n) is 9.22. The molecule has 3 aromatic rings. The number of carbonyl (C=O) groups is 1. The van der Waals surface area contributed by atoms with E-state index in [0.717, 1.165) is 33.0 Å². The SMILES string of the molecule is Cc1cc(C)cc(NC(=O)[C@@H](C)Sc2ccccc2N=Cc2cccnc2Cl)c1. The van der Waals surface area contributed by atoms with Crippen LogP contribution in [0.25, 0.3) is 0 Å². The van der Waals surface area contributed by atoms with E-state index < -0.39 is 0 Å². The van der Waals surface area contributed by atoms with E-state index in [0.29, 0.717) is 5.15 Å². The molecule has 0 spiro atoms. The molecule has 1 aromatic heterocycles. The highest BCUT2D eigenvalue weighted by molar-refractivity contribution is 8.00. The maximum atomic E-state index is 12.7.